The number of ether oxygens (including phenoxy) is 1. The van der Waals surface area contributed by atoms with E-state index in [4.69, 9.17) is 4.74 Å². The first-order valence-corrected chi connectivity index (χ1v) is 11.4. The molecule has 8 heteroatoms. The summed E-state index contributed by atoms with van der Waals surface area (Å²) in [7, 11) is 1.80. The minimum Gasteiger partial charge on any atom is -0.379 e. The van der Waals surface area contributed by atoms with E-state index in [0.29, 0.717) is 17.9 Å². The second-order valence-corrected chi connectivity index (χ2v) is 8.96. The van der Waals surface area contributed by atoms with Crippen molar-refractivity contribution in [3.8, 4) is 0 Å². The third-order valence-corrected chi connectivity index (χ3v) is 6.15. The highest BCUT2D eigenvalue weighted by Crippen LogP contribution is 2.25. The van der Waals surface area contributed by atoms with Crippen LogP contribution >= 0.6 is 0 Å². The van der Waals surface area contributed by atoms with Gasteiger partial charge >= 0.3 is 0 Å². The first-order chi connectivity index (χ1) is 15.0. The van der Waals surface area contributed by atoms with Crippen molar-refractivity contribution in [3.63, 3.8) is 0 Å². The first-order valence-electron chi connectivity index (χ1n) is 11.4. The summed E-state index contributed by atoms with van der Waals surface area (Å²) in [5.41, 5.74) is 0.742. The van der Waals surface area contributed by atoms with E-state index >= 15 is 0 Å². The van der Waals surface area contributed by atoms with Gasteiger partial charge in [-0.2, -0.15) is 0 Å². The Morgan fingerprint density at radius 3 is 2.61 bits per heavy atom. The molecule has 174 valence electrons. The lowest BCUT2D eigenvalue weighted by Crippen LogP contribution is -2.51. The summed E-state index contributed by atoms with van der Waals surface area (Å²) in [5, 5.41) is 6.95. The van der Waals surface area contributed by atoms with Gasteiger partial charge in [0.2, 0.25) is 0 Å². The molecule has 0 bridgehead atoms. The monoisotopic (exact) mass is 437 g/mol. The normalized spacial score (nSPS) is 21.5. The maximum atomic E-state index is 13.5. The van der Waals surface area contributed by atoms with Crippen LogP contribution in [-0.2, 0) is 4.74 Å². The number of halogens is 2. The molecule has 2 aliphatic rings. The zero-order valence-electron chi connectivity index (χ0n) is 19.0. The molecular weight excluding hydrogens is 400 g/mol. The number of nitrogens with one attached hydrogen (secondary N) is 2. The lowest BCUT2D eigenvalue weighted by Gasteiger charge is -2.35. The third-order valence-electron chi connectivity index (χ3n) is 6.15. The van der Waals surface area contributed by atoms with Crippen LogP contribution < -0.4 is 15.5 Å². The molecule has 2 atom stereocenters. The molecule has 0 amide bonds. The van der Waals surface area contributed by atoms with Crippen LogP contribution in [0.3, 0.4) is 0 Å². The summed E-state index contributed by atoms with van der Waals surface area (Å²) in [5.74, 6) is 0.278. The Hall–Kier alpha value is -1.93. The van der Waals surface area contributed by atoms with E-state index < -0.39 is 11.6 Å². The number of guanidine groups is 1. The molecule has 2 aliphatic heterocycles. The van der Waals surface area contributed by atoms with Gasteiger partial charge in [-0.3, -0.25) is 9.89 Å². The van der Waals surface area contributed by atoms with Crippen molar-refractivity contribution < 1.29 is 13.5 Å². The van der Waals surface area contributed by atoms with Crippen LogP contribution in [0.5, 0.6) is 0 Å². The molecule has 2 heterocycles. The van der Waals surface area contributed by atoms with Gasteiger partial charge in [-0.1, -0.05) is 13.8 Å². The molecular formula is C23H37F2N5O. The first kappa shape index (κ1) is 23.7. The predicted molar refractivity (Wildman–Crippen MR) is 122 cm³/mol. The summed E-state index contributed by atoms with van der Waals surface area (Å²) < 4.78 is 32.2. The largest absolute Gasteiger partial charge is 0.379 e. The van der Waals surface area contributed by atoms with Gasteiger partial charge in [0.25, 0.3) is 0 Å². The van der Waals surface area contributed by atoms with Crippen molar-refractivity contribution in [2.75, 3.05) is 64.4 Å². The Morgan fingerprint density at radius 1 is 1.16 bits per heavy atom. The number of rotatable bonds is 8. The highest BCUT2D eigenvalue weighted by molar-refractivity contribution is 5.79. The fourth-order valence-corrected chi connectivity index (χ4v) is 4.44. The summed E-state index contributed by atoms with van der Waals surface area (Å²) in [6, 6.07) is 4.59. The van der Waals surface area contributed by atoms with Gasteiger partial charge < -0.3 is 20.3 Å². The number of morpholine rings is 1. The van der Waals surface area contributed by atoms with Crippen molar-refractivity contribution in [2.45, 2.75) is 32.7 Å². The highest BCUT2D eigenvalue weighted by atomic mass is 19.2. The molecule has 31 heavy (non-hydrogen) atoms. The maximum absolute atomic E-state index is 13.5. The molecule has 0 aromatic heterocycles. The fourth-order valence-electron chi connectivity index (χ4n) is 4.44. The van der Waals surface area contributed by atoms with Crippen LogP contribution in [0.15, 0.2) is 23.2 Å². The van der Waals surface area contributed by atoms with Crippen molar-refractivity contribution >= 4 is 11.6 Å². The predicted octanol–water partition coefficient (Wildman–Crippen LogP) is 2.70. The zero-order chi connectivity index (χ0) is 22.2. The number of hydrogen-bond acceptors (Lipinski definition) is 4. The van der Waals surface area contributed by atoms with Crippen LogP contribution in [-0.4, -0.2) is 76.4 Å². The smallest absolute Gasteiger partial charge is 0.191 e. The molecule has 2 unspecified atom stereocenters. The van der Waals surface area contributed by atoms with Crippen LogP contribution in [0.4, 0.5) is 14.5 Å². The second-order valence-electron chi connectivity index (χ2n) is 8.96. The van der Waals surface area contributed by atoms with Crippen LogP contribution in [0.2, 0.25) is 0 Å². The Bertz CT molecular complexity index is 724. The lowest BCUT2D eigenvalue weighted by atomic mass is 10.0. The molecule has 2 fully saturated rings. The van der Waals surface area contributed by atoms with Gasteiger partial charge in [-0.15, -0.1) is 0 Å². The number of anilines is 1. The van der Waals surface area contributed by atoms with E-state index in [1.165, 1.54) is 12.1 Å². The number of benzene rings is 1. The summed E-state index contributed by atoms with van der Waals surface area (Å²) in [6.45, 7) is 11.4. The highest BCUT2D eigenvalue weighted by Gasteiger charge is 2.25. The van der Waals surface area contributed by atoms with Crippen LogP contribution in [0.25, 0.3) is 0 Å². The summed E-state index contributed by atoms with van der Waals surface area (Å²) in [4.78, 5) is 9.02. The van der Waals surface area contributed by atoms with Gasteiger partial charge in [-0.05, 0) is 36.8 Å². The average molecular weight is 438 g/mol. The Morgan fingerprint density at radius 2 is 1.94 bits per heavy atom. The molecule has 6 nitrogen and oxygen atoms in total. The summed E-state index contributed by atoms with van der Waals surface area (Å²) in [6.07, 6.45) is 2.14. The van der Waals surface area contributed by atoms with Gasteiger partial charge in [0, 0.05) is 64.1 Å². The molecule has 0 aliphatic carbocycles. The van der Waals surface area contributed by atoms with E-state index in [2.05, 4.69) is 39.3 Å². The molecule has 0 radical (unpaired) electrons. The molecule has 1 aromatic carbocycles. The van der Waals surface area contributed by atoms with Gasteiger partial charge in [0.15, 0.2) is 17.6 Å². The van der Waals surface area contributed by atoms with E-state index in [-0.39, 0.29) is 0 Å². The lowest BCUT2D eigenvalue weighted by molar-refractivity contribution is 0.0132. The van der Waals surface area contributed by atoms with E-state index in [1.807, 2.05) is 0 Å². The average Bonchev–Trinajstić information content (AvgIpc) is 3.24. The van der Waals surface area contributed by atoms with Crippen molar-refractivity contribution in [2.24, 2.45) is 16.8 Å². The SMILES string of the molecule is CN=C(NCC1CCN(c2ccc(F)c(F)c2)C1)NCC(CC(C)C)N1CCOCC1. The fraction of sp³-hybridized carbons (Fsp3) is 0.696. The van der Waals surface area contributed by atoms with Crippen molar-refractivity contribution in [1.29, 1.82) is 0 Å². The van der Waals surface area contributed by atoms with Gasteiger partial charge in [0.1, 0.15) is 0 Å². The Kier molecular flexibility index (Phi) is 8.90. The van der Waals surface area contributed by atoms with E-state index in [9.17, 15) is 8.78 Å². The number of hydrogen-bond donors (Lipinski definition) is 2. The zero-order valence-corrected chi connectivity index (χ0v) is 19.0. The molecule has 0 saturated carbocycles. The quantitative estimate of drug-likeness (QED) is 0.484. The van der Waals surface area contributed by atoms with Crippen LogP contribution in [0, 0.1) is 23.5 Å². The maximum Gasteiger partial charge on any atom is 0.191 e. The molecule has 0 spiro atoms. The molecule has 2 N–H and O–H groups in total. The van der Waals surface area contributed by atoms with Crippen molar-refractivity contribution in [3.05, 3.63) is 29.8 Å². The minimum atomic E-state index is -0.802. The third kappa shape index (κ3) is 7.04. The number of aliphatic imine (C=N–C) groups is 1. The van der Waals surface area contributed by atoms with E-state index in [1.54, 1.807) is 13.1 Å². The molecule has 2 saturated heterocycles. The van der Waals surface area contributed by atoms with Crippen molar-refractivity contribution in [1.82, 2.24) is 15.5 Å². The van der Waals surface area contributed by atoms with E-state index in [0.717, 1.165) is 77.0 Å². The Labute approximate surface area is 185 Å². The van der Waals surface area contributed by atoms with Gasteiger partial charge in [0.05, 0.1) is 13.2 Å². The Balaban J connectivity index is 1.45. The second kappa shape index (κ2) is 11.6. The minimum absolute atomic E-state index is 0.428. The standard InChI is InChI=1S/C23H37F2N5O/c1-17(2)12-20(29-8-10-31-11-9-29)15-28-23(26-3)27-14-18-6-7-30(16-18)19-4-5-21(24)22(25)13-19/h4-5,13,17-18,20H,6-12,14-16H2,1-3H3,(H2,26,27,28). The van der Waals surface area contributed by atoms with Gasteiger partial charge in [-0.25, -0.2) is 8.78 Å². The summed E-state index contributed by atoms with van der Waals surface area (Å²) >= 11 is 0. The molecule has 1 aromatic rings. The topological polar surface area (TPSA) is 52.1 Å². The molecule has 3 rings (SSSR count). The number of nitrogens with zero attached hydrogens (tertiary/aromatic N) is 3. The van der Waals surface area contributed by atoms with Crippen LogP contribution in [0.1, 0.15) is 26.7 Å².